The molecular weight excluding hydrogens is 266 g/mol. The third-order valence-corrected chi connectivity index (χ3v) is 3.45. The number of carbonyl (C=O) groups is 1. The maximum absolute atomic E-state index is 12.3. The van der Waals surface area contributed by atoms with Crippen molar-refractivity contribution >= 4 is 5.91 Å². The summed E-state index contributed by atoms with van der Waals surface area (Å²) in [6, 6.07) is 9.14. The summed E-state index contributed by atoms with van der Waals surface area (Å²) in [7, 11) is 0. The fourth-order valence-electron chi connectivity index (χ4n) is 1.88. The average Bonchev–Trinajstić information content (AvgIpc) is 3.01. The number of nitrogens with one attached hydrogen (secondary N) is 1. The van der Waals surface area contributed by atoms with Crippen LogP contribution in [0.15, 0.2) is 34.9 Å². The molecule has 0 radical (unpaired) electrons. The zero-order chi connectivity index (χ0) is 15.5. The van der Waals surface area contributed by atoms with Gasteiger partial charge in [-0.15, -0.1) is 0 Å². The van der Waals surface area contributed by atoms with Crippen LogP contribution in [0, 0.1) is 18.3 Å². The topological polar surface area (TPSA) is 78.9 Å². The van der Waals surface area contributed by atoms with Crippen molar-refractivity contribution in [2.75, 3.05) is 0 Å². The second-order valence-corrected chi connectivity index (χ2v) is 5.06. The van der Waals surface area contributed by atoms with Crippen molar-refractivity contribution in [3.8, 4) is 17.5 Å². The first-order valence-corrected chi connectivity index (χ1v) is 6.74. The summed E-state index contributed by atoms with van der Waals surface area (Å²) in [5, 5.41) is 11.9. The summed E-state index contributed by atoms with van der Waals surface area (Å²) in [6.07, 6.45) is 2.11. The third-order valence-electron chi connectivity index (χ3n) is 3.45. The largest absolute Gasteiger partial charge is 0.463 e. The van der Waals surface area contributed by atoms with Gasteiger partial charge in [-0.05, 0) is 44.5 Å². The van der Waals surface area contributed by atoms with Crippen LogP contribution in [-0.2, 0) is 0 Å². The molecule has 2 heterocycles. The van der Waals surface area contributed by atoms with Crippen molar-refractivity contribution in [2.45, 2.75) is 32.7 Å². The molecule has 0 saturated carbocycles. The van der Waals surface area contributed by atoms with Crippen LogP contribution in [0.4, 0.5) is 0 Å². The van der Waals surface area contributed by atoms with Gasteiger partial charge in [-0.1, -0.05) is 6.92 Å². The first-order chi connectivity index (χ1) is 9.99. The van der Waals surface area contributed by atoms with Gasteiger partial charge in [-0.2, -0.15) is 5.26 Å². The van der Waals surface area contributed by atoms with Gasteiger partial charge in [0.25, 0.3) is 5.91 Å². The van der Waals surface area contributed by atoms with Gasteiger partial charge in [-0.25, -0.2) is 4.98 Å². The van der Waals surface area contributed by atoms with E-state index in [0.717, 1.165) is 0 Å². The molecule has 2 aromatic rings. The molecule has 21 heavy (non-hydrogen) atoms. The Morgan fingerprint density at radius 2 is 2.24 bits per heavy atom. The minimum absolute atomic E-state index is 0.295. The Labute approximate surface area is 123 Å². The third kappa shape index (κ3) is 3.11. The number of hydrogen-bond donors (Lipinski definition) is 1. The van der Waals surface area contributed by atoms with Gasteiger partial charge in [0.15, 0.2) is 5.76 Å². The van der Waals surface area contributed by atoms with Crippen LogP contribution in [-0.4, -0.2) is 16.4 Å². The number of nitriles is 1. The molecule has 5 nitrogen and oxygen atoms in total. The highest BCUT2D eigenvalue weighted by Crippen LogP contribution is 2.20. The number of rotatable bonds is 4. The van der Waals surface area contributed by atoms with Gasteiger partial charge in [-0.3, -0.25) is 4.79 Å². The minimum atomic E-state index is -0.872. The Hall–Kier alpha value is -2.61. The van der Waals surface area contributed by atoms with Crippen molar-refractivity contribution in [2.24, 2.45) is 0 Å². The fourth-order valence-corrected chi connectivity index (χ4v) is 1.88. The van der Waals surface area contributed by atoms with E-state index in [1.165, 1.54) is 0 Å². The lowest BCUT2D eigenvalue weighted by Crippen LogP contribution is -2.44. The summed E-state index contributed by atoms with van der Waals surface area (Å²) >= 11 is 0. The number of hydrogen-bond acceptors (Lipinski definition) is 4. The van der Waals surface area contributed by atoms with E-state index in [0.29, 0.717) is 29.1 Å². The van der Waals surface area contributed by atoms with Crippen molar-refractivity contribution in [3.63, 3.8) is 0 Å². The molecule has 0 aliphatic rings. The van der Waals surface area contributed by atoms with Crippen LogP contribution in [0.1, 0.15) is 36.3 Å². The fraction of sp³-hybridized carbons (Fsp3) is 0.312. The molecule has 0 aromatic carbocycles. The van der Waals surface area contributed by atoms with Gasteiger partial charge in [0.2, 0.25) is 0 Å². The summed E-state index contributed by atoms with van der Waals surface area (Å²) in [5.41, 5.74) is 0.856. The molecule has 1 N–H and O–H groups in total. The Balaban J connectivity index is 2.26. The summed E-state index contributed by atoms with van der Waals surface area (Å²) in [4.78, 5) is 16.7. The molecule has 2 aromatic heterocycles. The Kier molecular flexibility index (Phi) is 4.08. The van der Waals surface area contributed by atoms with Crippen LogP contribution in [0.3, 0.4) is 0 Å². The van der Waals surface area contributed by atoms with E-state index in [2.05, 4.69) is 16.4 Å². The van der Waals surface area contributed by atoms with Gasteiger partial charge in [0.1, 0.15) is 11.2 Å². The zero-order valence-electron chi connectivity index (χ0n) is 12.3. The molecule has 0 fully saturated rings. The van der Waals surface area contributed by atoms with Gasteiger partial charge < -0.3 is 9.73 Å². The Bertz CT molecular complexity index is 686. The predicted octanol–water partition coefficient (Wildman–Crippen LogP) is 3.07. The van der Waals surface area contributed by atoms with Crippen molar-refractivity contribution in [3.05, 3.63) is 41.8 Å². The lowest BCUT2D eigenvalue weighted by Gasteiger charge is -2.21. The van der Waals surface area contributed by atoms with Crippen LogP contribution in [0.25, 0.3) is 11.5 Å². The van der Waals surface area contributed by atoms with E-state index in [-0.39, 0.29) is 5.91 Å². The summed E-state index contributed by atoms with van der Waals surface area (Å²) in [6.45, 7) is 5.32. The molecule has 1 atom stereocenters. The van der Waals surface area contributed by atoms with Crippen molar-refractivity contribution in [1.82, 2.24) is 10.3 Å². The van der Waals surface area contributed by atoms with E-state index in [4.69, 9.17) is 9.68 Å². The molecular formula is C16H17N3O2. The van der Waals surface area contributed by atoms with E-state index in [9.17, 15) is 4.79 Å². The van der Waals surface area contributed by atoms with E-state index < -0.39 is 5.54 Å². The SMILES string of the molecule is CCC(C)(C#N)NC(=O)c1ccc(-c2ccco2)nc1C. The van der Waals surface area contributed by atoms with Crippen LogP contribution < -0.4 is 5.32 Å². The second kappa shape index (κ2) is 5.80. The quantitative estimate of drug-likeness (QED) is 0.935. The average molecular weight is 283 g/mol. The van der Waals surface area contributed by atoms with Gasteiger partial charge in [0.05, 0.1) is 23.6 Å². The second-order valence-electron chi connectivity index (χ2n) is 5.06. The van der Waals surface area contributed by atoms with Crippen molar-refractivity contribution in [1.29, 1.82) is 5.26 Å². The zero-order valence-corrected chi connectivity index (χ0v) is 12.3. The van der Waals surface area contributed by atoms with E-state index >= 15 is 0 Å². The number of amides is 1. The number of nitrogens with zero attached hydrogens (tertiary/aromatic N) is 2. The highest BCUT2D eigenvalue weighted by atomic mass is 16.3. The molecule has 0 aliphatic carbocycles. The van der Waals surface area contributed by atoms with E-state index in [1.54, 1.807) is 38.3 Å². The summed E-state index contributed by atoms with van der Waals surface area (Å²) in [5.74, 6) is 0.359. The van der Waals surface area contributed by atoms with E-state index in [1.807, 2.05) is 13.0 Å². The standard InChI is InChI=1S/C16H17N3O2/c1-4-16(3,10-17)19-15(20)12-7-8-13(18-11(12)2)14-6-5-9-21-14/h5-9H,4H2,1-3H3,(H,19,20). The molecule has 0 aliphatic heterocycles. The Morgan fingerprint density at radius 1 is 1.48 bits per heavy atom. The highest BCUT2D eigenvalue weighted by molar-refractivity contribution is 5.96. The number of furan rings is 1. The molecule has 5 heteroatoms. The first-order valence-electron chi connectivity index (χ1n) is 6.74. The molecule has 0 spiro atoms. The number of carbonyl (C=O) groups excluding carboxylic acids is 1. The van der Waals surface area contributed by atoms with Gasteiger partial charge in [0, 0.05) is 0 Å². The molecule has 108 valence electrons. The minimum Gasteiger partial charge on any atom is -0.463 e. The number of pyridine rings is 1. The lowest BCUT2D eigenvalue weighted by molar-refractivity contribution is 0.0922. The normalized spacial score (nSPS) is 13.2. The van der Waals surface area contributed by atoms with Crippen LogP contribution in [0.5, 0.6) is 0 Å². The lowest BCUT2D eigenvalue weighted by atomic mass is 10.00. The monoisotopic (exact) mass is 283 g/mol. The Morgan fingerprint density at radius 3 is 2.76 bits per heavy atom. The molecule has 2 rings (SSSR count). The smallest absolute Gasteiger partial charge is 0.254 e. The van der Waals surface area contributed by atoms with Crippen molar-refractivity contribution < 1.29 is 9.21 Å². The molecule has 0 bridgehead atoms. The maximum Gasteiger partial charge on any atom is 0.254 e. The summed E-state index contributed by atoms with van der Waals surface area (Å²) < 4.78 is 5.28. The number of aryl methyl sites for hydroxylation is 1. The van der Waals surface area contributed by atoms with Crippen LogP contribution >= 0.6 is 0 Å². The number of aromatic nitrogens is 1. The maximum atomic E-state index is 12.3. The van der Waals surface area contributed by atoms with Gasteiger partial charge >= 0.3 is 0 Å². The molecule has 1 amide bonds. The van der Waals surface area contributed by atoms with Crippen LogP contribution in [0.2, 0.25) is 0 Å². The first kappa shape index (κ1) is 14.8. The predicted molar refractivity (Wildman–Crippen MR) is 78.5 cm³/mol. The molecule has 1 unspecified atom stereocenters. The highest BCUT2D eigenvalue weighted by Gasteiger charge is 2.25. The molecule has 0 saturated heterocycles.